The molecule has 1 heterocycles. The zero-order chi connectivity index (χ0) is 23.6. The van der Waals surface area contributed by atoms with Gasteiger partial charge in [0.2, 0.25) is 10.0 Å². The van der Waals surface area contributed by atoms with Crippen LogP contribution in [0.25, 0.3) is 0 Å². The number of anilines is 1. The van der Waals surface area contributed by atoms with E-state index in [1.54, 1.807) is 24.3 Å². The number of rotatable bonds is 5. The van der Waals surface area contributed by atoms with E-state index in [9.17, 15) is 27.9 Å². The van der Waals surface area contributed by atoms with Gasteiger partial charge in [-0.1, -0.05) is 18.2 Å². The third-order valence-corrected chi connectivity index (χ3v) is 7.07. The number of Topliss-reactive ketones (excluding diaryl/α,β-unsaturated/α-hetero) is 1. The first-order valence-electron chi connectivity index (χ1n) is 9.62. The lowest BCUT2D eigenvalue weighted by molar-refractivity contribution is -0.145. The van der Waals surface area contributed by atoms with E-state index >= 15 is 0 Å². The molecule has 10 nitrogen and oxygen atoms in total. The summed E-state index contributed by atoms with van der Waals surface area (Å²) < 4.78 is 32.7. The molecule has 2 unspecified atom stereocenters. The largest absolute Gasteiger partial charge is 0.508 e. The molecule has 3 rings (SSSR count). The summed E-state index contributed by atoms with van der Waals surface area (Å²) in [5, 5.41) is 9.51. The van der Waals surface area contributed by atoms with Crippen LogP contribution in [0.1, 0.15) is 12.5 Å². The van der Waals surface area contributed by atoms with Crippen molar-refractivity contribution in [2.45, 2.75) is 30.4 Å². The van der Waals surface area contributed by atoms with E-state index in [-0.39, 0.29) is 17.2 Å². The zero-order valence-electron chi connectivity index (χ0n) is 17.5. The quantitative estimate of drug-likeness (QED) is 0.480. The number of hydrogen-bond donors (Lipinski definition) is 2. The molecule has 0 saturated heterocycles. The molecular weight excluding hydrogens is 438 g/mol. The van der Waals surface area contributed by atoms with Crippen molar-refractivity contribution in [2.75, 3.05) is 18.6 Å². The predicted octanol–water partition coefficient (Wildman–Crippen LogP) is 0.388. The van der Waals surface area contributed by atoms with Gasteiger partial charge in [-0.15, -0.1) is 0 Å². The lowest BCUT2D eigenvalue weighted by atomic mass is 10.1. The highest BCUT2D eigenvalue weighted by Gasteiger charge is 2.43. The van der Waals surface area contributed by atoms with Crippen LogP contribution >= 0.6 is 0 Å². The average Bonchev–Trinajstić information content (AvgIpc) is 2.95. The van der Waals surface area contributed by atoms with E-state index in [1.165, 1.54) is 31.2 Å². The summed E-state index contributed by atoms with van der Waals surface area (Å²) in [5.41, 5.74) is 6.54. The Bertz CT molecular complexity index is 1150. The molecule has 2 atom stereocenters. The van der Waals surface area contributed by atoms with Gasteiger partial charge in [0, 0.05) is 12.2 Å². The Kier molecular flexibility index (Phi) is 6.63. The molecule has 2 aromatic rings. The van der Waals surface area contributed by atoms with Gasteiger partial charge < -0.3 is 20.5 Å². The van der Waals surface area contributed by atoms with E-state index in [0.29, 0.717) is 11.3 Å². The molecule has 2 aromatic carbocycles. The molecule has 3 N–H and O–H groups in total. The highest BCUT2D eigenvalue weighted by atomic mass is 32.2. The number of ketones is 1. The summed E-state index contributed by atoms with van der Waals surface area (Å²) in [5.74, 6) is -2.33. The van der Waals surface area contributed by atoms with Crippen LogP contribution in [-0.2, 0) is 35.7 Å². The number of esters is 1. The van der Waals surface area contributed by atoms with Crippen molar-refractivity contribution in [3.05, 3.63) is 54.1 Å². The number of phenols is 1. The fourth-order valence-corrected chi connectivity index (χ4v) is 4.98. The molecule has 32 heavy (non-hydrogen) atoms. The van der Waals surface area contributed by atoms with Gasteiger partial charge in [0.1, 0.15) is 17.8 Å². The number of carbonyl (C=O) groups is 3. The minimum Gasteiger partial charge on any atom is -0.508 e. The summed E-state index contributed by atoms with van der Waals surface area (Å²) in [4.78, 5) is 38.4. The molecule has 1 aliphatic rings. The van der Waals surface area contributed by atoms with Gasteiger partial charge in [-0.2, -0.15) is 4.31 Å². The fraction of sp³-hybridized carbons (Fsp3) is 0.286. The lowest BCUT2D eigenvalue weighted by Crippen LogP contribution is -2.54. The molecule has 0 fully saturated rings. The standard InChI is InChI=1S/C21H23N3O7S/c1-13(25)19(22)20(27)23-12-18(21(28)31-2)24(11-14-5-3-4-6-17(14)23)32(29,30)16-9-7-15(26)8-10-16/h3-10,18-19,26H,11-12,22H2,1-2H3. The number of fused-ring (bicyclic) bond motifs is 1. The van der Waals surface area contributed by atoms with Crippen LogP contribution in [0.4, 0.5) is 5.69 Å². The number of hydrogen-bond acceptors (Lipinski definition) is 8. The van der Waals surface area contributed by atoms with Crippen LogP contribution < -0.4 is 10.6 Å². The van der Waals surface area contributed by atoms with Gasteiger partial charge in [0.25, 0.3) is 5.91 Å². The average molecular weight is 461 g/mol. The summed E-state index contributed by atoms with van der Waals surface area (Å²) in [7, 11) is -3.14. The Hall–Kier alpha value is -3.28. The lowest BCUT2D eigenvalue weighted by Gasteiger charge is -2.30. The van der Waals surface area contributed by atoms with Crippen LogP contribution in [0.3, 0.4) is 0 Å². The maximum absolute atomic E-state index is 13.5. The van der Waals surface area contributed by atoms with Crippen molar-refractivity contribution >= 4 is 33.4 Å². The van der Waals surface area contributed by atoms with Crippen LogP contribution in [-0.4, -0.2) is 61.2 Å². The van der Waals surface area contributed by atoms with E-state index in [0.717, 1.165) is 16.3 Å². The van der Waals surface area contributed by atoms with Crippen molar-refractivity contribution < 1.29 is 32.6 Å². The number of ether oxygens (including phenoxy) is 1. The topological polar surface area (TPSA) is 147 Å². The van der Waals surface area contributed by atoms with E-state index in [2.05, 4.69) is 0 Å². The van der Waals surface area contributed by atoms with Crippen molar-refractivity contribution in [2.24, 2.45) is 5.73 Å². The molecule has 170 valence electrons. The second kappa shape index (κ2) is 9.07. The van der Waals surface area contributed by atoms with E-state index in [1.807, 2.05) is 0 Å². The van der Waals surface area contributed by atoms with Crippen LogP contribution in [0.15, 0.2) is 53.4 Å². The molecule has 0 aliphatic carbocycles. The first-order chi connectivity index (χ1) is 15.1. The zero-order valence-corrected chi connectivity index (χ0v) is 18.3. The summed E-state index contributed by atoms with van der Waals surface area (Å²) in [6, 6.07) is 8.50. The number of methoxy groups -OCH3 is 1. The van der Waals surface area contributed by atoms with E-state index < -0.39 is 46.3 Å². The van der Waals surface area contributed by atoms with Crippen LogP contribution in [0.2, 0.25) is 0 Å². The highest BCUT2D eigenvalue weighted by Crippen LogP contribution is 2.32. The van der Waals surface area contributed by atoms with Crippen molar-refractivity contribution in [3.8, 4) is 5.75 Å². The second-order valence-corrected chi connectivity index (χ2v) is 9.14. The maximum atomic E-state index is 13.5. The van der Waals surface area contributed by atoms with Crippen molar-refractivity contribution in [1.29, 1.82) is 0 Å². The molecule has 0 spiro atoms. The summed E-state index contributed by atoms with van der Waals surface area (Å²) >= 11 is 0. The third-order valence-electron chi connectivity index (χ3n) is 5.20. The number of nitrogens with zero attached hydrogens (tertiary/aromatic N) is 2. The number of benzene rings is 2. The summed E-state index contributed by atoms with van der Waals surface area (Å²) in [6.07, 6.45) is 0. The normalized spacial score (nSPS) is 17.7. The van der Waals surface area contributed by atoms with Gasteiger partial charge in [0.05, 0.1) is 18.6 Å². The highest BCUT2D eigenvalue weighted by molar-refractivity contribution is 7.89. The molecular formula is C21H23N3O7S. The first-order valence-corrected chi connectivity index (χ1v) is 11.1. The fourth-order valence-electron chi connectivity index (χ4n) is 3.43. The minimum atomic E-state index is -4.25. The number of phenolic OH excluding ortho intramolecular Hbond substituents is 1. The van der Waals surface area contributed by atoms with Crippen LogP contribution in [0, 0.1) is 0 Å². The van der Waals surface area contributed by atoms with E-state index in [4.69, 9.17) is 10.5 Å². The number of amides is 1. The molecule has 0 saturated carbocycles. The number of carbonyl (C=O) groups excluding carboxylic acids is 3. The Balaban J connectivity index is 2.16. The number of para-hydroxylation sites is 1. The monoisotopic (exact) mass is 461 g/mol. The molecule has 11 heteroatoms. The van der Waals surface area contributed by atoms with Crippen LogP contribution in [0.5, 0.6) is 5.75 Å². The Morgan fingerprint density at radius 2 is 1.75 bits per heavy atom. The number of aromatic hydroxyl groups is 1. The van der Waals surface area contributed by atoms with Gasteiger partial charge in [-0.05, 0) is 42.8 Å². The van der Waals surface area contributed by atoms with Gasteiger partial charge in [0.15, 0.2) is 5.78 Å². The molecule has 1 amide bonds. The Labute approximate surface area is 185 Å². The molecule has 1 aliphatic heterocycles. The van der Waals surface area contributed by atoms with Gasteiger partial charge in [-0.25, -0.2) is 8.42 Å². The molecule has 0 bridgehead atoms. The first kappa shape index (κ1) is 23.4. The maximum Gasteiger partial charge on any atom is 0.326 e. The summed E-state index contributed by atoms with van der Waals surface area (Å²) in [6.45, 7) is 0.532. The molecule has 0 radical (unpaired) electrons. The van der Waals surface area contributed by atoms with Gasteiger partial charge >= 0.3 is 5.97 Å². The predicted molar refractivity (Wildman–Crippen MR) is 114 cm³/mol. The number of sulfonamides is 1. The van der Waals surface area contributed by atoms with Crippen molar-refractivity contribution in [3.63, 3.8) is 0 Å². The van der Waals surface area contributed by atoms with Gasteiger partial charge in [-0.3, -0.25) is 14.4 Å². The van der Waals surface area contributed by atoms with Crippen molar-refractivity contribution in [1.82, 2.24) is 4.31 Å². The minimum absolute atomic E-state index is 0.121. The Morgan fingerprint density at radius 1 is 1.12 bits per heavy atom. The SMILES string of the molecule is COC(=O)C1CN(C(=O)C(N)C(C)=O)c2ccccc2CN1S(=O)(=O)c1ccc(O)cc1. The molecule has 0 aromatic heterocycles. The number of nitrogens with two attached hydrogens (primary N) is 1. The third kappa shape index (κ3) is 4.35. The second-order valence-electron chi connectivity index (χ2n) is 7.25. The Morgan fingerprint density at radius 3 is 2.34 bits per heavy atom. The smallest absolute Gasteiger partial charge is 0.326 e.